The number of carbonyl (C=O) groups is 3. The highest BCUT2D eigenvalue weighted by molar-refractivity contribution is 5.84. The number of esters is 1. The number of Topliss-reactive ketones (excluding diaryl/α,β-unsaturated/α-hetero) is 1. The van der Waals surface area contributed by atoms with E-state index in [2.05, 4.69) is 0 Å². The van der Waals surface area contributed by atoms with Crippen LogP contribution >= 0.6 is 0 Å². The van der Waals surface area contributed by atoms with Gasteiger partial charge in [-0.1, -0.05) is 0 Å². The second-order valence-corrected chi connectivity index (χ2v) is 7.36. The molecule has 0 aromatic heterocycles. The molecule has 6 nitrogen and oxygen atoms in total. The van der Waals surface area contributed by atoms with Crippen molar-refractivity contribution in [1.29, 1.82) is 0 Å². The van der Waals surface area contributed by atoms with E-state index in [9.17, 15) is 14.4 Å². The van der Waals surface area contributed by atoms with Crippen LogP contribution in [0.3, 0.4) is 0 Å². The second kappa shape index (κ2) is 6.89. The van der Waals surface area contributed by atoms with Crippen LogP contribution in [0.25, 0.3) is 0 Å². The van der Waals surface area contributed by atoms with Crippen molar-refractivity contribution in [3.8, 4) is 0 Å². The maximum Gasteiger partial charge on any atom is 0.411 e. The van der Waals surface area contributed by atoms with Crippen LogP contribution in [0.1, 0.15) is 53.4 Å². The number of ether oxygens (including phenoxy) is 2. The molecule has 6 heteroatoms. The fraction of sp³-hybridized carbons (Fsp3) is 0.824. The number of piperidine rings is 1. The molecule has 1 saturated heterocycles. The number of rotatable bonds is 2. The van der Waals surface area contributed by atoms with Crippen molar-refractivity contribution in [3.63, 3.8) is 0 Å². The molecule has 0 N–H and O–H groups in total. The number of fused-ring (bicyclic) bond motifs is 1. The number of carbonyl (C=O) groups excluding carboxylic acids is 3. The molecule has 0 aromatic carbocycles. The number of nitrogens with zero attached hydrogens (tertiary/aromatic N) is 1. The summed E-state index contributed by atoms with van der Waals surface area (Å²) < 4.78 is 10.6. The molecular weight excluding hydrogens is 298 g/mol. The van der Waals surface area contributed by atoms with Crippen LogP contribution in [0.5, 0.6) is 0 Å². The van der Waals surface area contributed by atoms with E-state index in [0.29, 0.717) is 25.8 Å². The fourth-order valence-electron chi connectivity index (χ4n) is 3.57. The largest absolute Gasteiger partial charge is 0.464 e. The summed E-state index contributed by atoms with van der Waals surface area (Å²) >= 11 is 0. The van der Waals surface area contributed by atoms with Gasteiger partial charge in [-0.05, 0) is 52.4 Å². The SMILES string of the molecule is CCOC(=O)C1C2CCC(=O)CC2CCN1C(=O)OC(C)(C)C. The molecular formula is C17H27NO5. The third kappa shape index (κ3) is 4.24. The van der Waals surface area contributed by atoms with Crippen LogP contribution in [-0.2, 0) is 19.1 Å². The van der Waals surface area contributed by atoms with Crippen molar-refractivity contribution >= 4 is 17.8 Å². The van der Waals surface area contributed by atoms with Gasteiger partial charge in [-0.3, -0.25) is 9.69 Å². The molecule has 1 saturated carbocycles. The topological polar surface area (TPSA) is 72.9 Å². The Morgan fingerprint density at radius 3 is 2.57 bits per heavy atom. The summed E-state index contributed by atoms with van der Waals surface area (Å²) in [4.78, 5) is 38.2. The first-order valence-corrected chi connectivity index (χ1v) is 8.41. The summed E-state index contributed by atoms with van der Waals surface area (Å²) in [5.41, 5.74) is -0.615. The summed E-state index contributed by atoms with van der Waals surface area (Å²) in [6.07, 6.45) is 1.85. The van der Waals surface area contributed by atoms with Gasteiger partial charge < -0.3 is 9.47 Å². The molecule has 0 radical (unpaired) electrons. The van der Waals surface area contributed by atoms with Crippen LogP contribution in [-0.4, -0.2) is 47.5 Å². The Morgan fingerprint density at radius 1 is 1.26 bits per heavy atom. The second-order valence-electron chi connectivity index (χ2n) is 7.36. The van der Waals surface area contributed by atoms with E-state index in [-0.39, 0.29) is 30.2 Å². The summed E-state index contributed by atoms with van der Waals surface area (Å²) in [7, 11) is 0. The van der Waals surface area contributed by atoms with Gasteiger partial charge >= 0.3 is 12.1 Å². The third-order valence-corrected chi connectivity index (χ3v) is 4.49. The molecule has 2 aliphatic rings. The third-order valence-electron chi connectivity index (χ3n) is 4.49. The number of hydrogen-bond acceptors (Lipinski definition) is 5. The highest BCUT2D eigenvalue weighted by atomic mass is 16.6. The Labute approximate surface area is 137 Å². The van der Waals surface area contributed by atoms with E-state index in [4.69, 9.17) is 9.47 Å². The highest BCUT2D eigenvalue weighted by Crippen LogP contribution is 2.39. The number of likely N-dealkylation sites (tertiary alicyclic amines) is 1. The van der Waals surface area contributed by atoms with Crippen LogP contribution in [0, 0.1) is 11.8 Å². The molecule has 2 fully saturated rings. The molecule has 1 heterocycles. The minimum absolute atomic E-state index is 0.0204. The maximum atomic E-state index is 12.5. The summed E-state index contributed by atoms with van der Waals surface area (Å²) in [5, 5.41) is 0. The van der Waals surface area contributed by atoms with E-state index >= 15 is 0 Å². The van der Waals surface area contributed by atoms with Crippen molar-refractivity contribution in [2.75, 3.05) is 13.2 Å². The van der Waals surface area contributed by atoms with Crippen molar-refractivity contribution in [1.82, 2.24) is 4.90 Å². The molecule has 3 atom stereocenters. The average Bonchev–Trinajstić information content (AvgIpc) is 2.44. The molecule has 1 aliphatic carbocycles. The first-order chi connectivity index (χ1) is 10.7. The van der Waals surface area contributed by atoms with Gasteiger partial charge in [0.15, 0.2) is 0 Å². The molecule has 0 spiro atoms. The molecule has 1 amide bonds. The summed E-state index contributed by atoms with van der Waals surface area (Å²) in [5.74, 6) is -0.000605. The van der Waals surface area contributed by atoms with Gasteiger partial charge in [-0.15, -0.1) is 0 Å². The predicted molar refractivity (Wildman–Crippen MR) is 83.8 cm³/mol. The summed E-state index contributed by atoms with van der Waals surface area (Å²) in [6.45, 7) is 7.85. The Hall–Kier alpha value is -1.59. The lowest BCUT2D eigenvalue weighted by molar-refractivity contribution is -0.156. The van der Waals surface area contributed by atoms with Gasteiger partial charge in [0, 0.05) is 19.4 Å². The maximum absolute atomic E-state index is 12.5. The van der Waals surface area contributed by atoms with Crippen LogP contribution in [0.2, 0.25) is 0 Å². The van der Waals surface area contributed by atoms with E-state index in [1.165, 1.54) is 4.90 Å². The molecule has 23 heavy (non-hydrogen) atoms. The molecule has 0 aromatic rings. The van der Waals surface area contributed by atoms with E-state index < -0.39 is 17.7 Å². The Kier molecular flexibility index (Phi) is 5.32. The molecule has 2 rings (SSSR count). The van der Waals surface area contributed by atoms with Crippen molar-refractivity contribution in [2.45, 2.75) is 65.0 Å². The lowest BCUT2D eigenvalue weighted by atomic mass is 9.70. The van der Waals surface area contributed by atoms with Gasteiger partial charge in [0.05, 0.1) is 6.61 Å². The van der Waals surface area contributed by atoms with E-state index in [1.807, 2.05) is 0 Å². The van der Waals surface area contributed by atoms with E-state index in [1.54, 1.807) is 27.7 Å². The van der Waals surface area contributed by atoms with Crippen molar-refractivity contribution in [3.05, 3.63) is 0 Å². The smallest absolute Gasteiger partial charge is 0.411 e. The van der Waals surface area contributed by atoms with Gasteiger partial charge in [0.25, 0.3) is 0 Å². The lowest BCUT2D eigenvalue weighted by Gasteiger charge is -2.45. The zero-order chi connectivity index (χ0) is 17.2. The monoisotopic (exact) mass is 325 g/mol. The van der Waals surface area contributed by atoms with Crippen molar-refractivity contribution in [2.24, 2.45) is 11.8 Å². The van der Waals surface area contributed by atoms with E-state index in [0.717, 1.165) is 6.42 Å². The van der Waals surface area contributed by atoms with Crippen LogP contribution < -0.4 is 0 Å². The predicted octanol–water partition coefficient (Wildman–Crippen LogP) is 2.54. The van der Waals surface area contributed by atoms with Gasteiger partial charge in [0.1, 0.15) is 17.4 Å². The first kappa shape index (κ1) is 17.8. The van der Waals surface area contributed by atoms with Gasteiger partial charge in [-0.25, -0.2) is 9.59 Å². The van der Waals surface area contributed by atoms with Gasteiger partial charge in [0.2, 0.25) is 0 Å². The van der Waals surface area contributed by atoms with Crippen molar-refractivity contribution < 1.29 is 23.9 Å². The Morgan fingerprint density at radius 2 is 1.96 bits per heavy atom. The molecule has 1 aliphatic heterocycles. The first-order valence-electron chi connectivity index (χ1n) is 8.41. The van der Waals surface area contributed by atoms with Crippen LogP contribution in [0.15, 0.2) is 0 Å². The zero-order valence-corrected chi connectivity index (χ0v) is 14.5. The normalized spacial score (nSPS) is 28.1. The minimum atomic E-state index is -0.642. The number of amides is 1. The van der Waals surface area contributed by atoms with Gasteiger partial charge in [-0.2, -0.15) is 0 Å². The highest BCUT2D eigenvalue weighted by Gasteiger charge is 2.47. The molecule has 0 bridgehead atoms. The number of ketones is 1. The zero-order valence-electron chi connectivity index (χ0n) is 14.5. The lowest BCUT2D eigenvalue weighted by Crippen LogP contribution is -2.58. The summed E-state index contributed by atoms with van der Waals surface area (Å²) in [6, 6.07) is -0.642. The Bertz CT molecular complexity index is 482. The number of hydrogen-bond donors (Lipinski definition) is 0. The molecule has 3 unspecified atom stereocenters. The quantitative estimate of drug-likeness (QED) is 0.730. The average molecular weight is 325 g/mol. The molecule has 130 valence electrons. The Balaban J connectivity index is 2.21. The fourth-order valence-corrected chi connectivity index (χ4v) is 3.57. The minimum Gasteiger partial charge on any atom is -0.464 e. The van der Waals surface area contributed by atoms with Crippen LogP contribution in [0.4, 0.5) is 4.79 Å². The standard InChI is InChI=1S/C17H27NO5/c1-5-22-15(20)14-13-7-6-12(19)10-11(13)8-9-18(14)16(21)23-17(2,3)4/h11,13-14H,5-10H2,1-4H3.